The van der Waals surface area contributed by atoms with E-state index in [9.17, 15) is 9.59 Å². The second kappa shape index (κ2) is 8.48. The summed E-state index contributed by atoms with van der Waals surface area (Å²) in [6.07, 6.45) is 0. The third-order valence-corrected chi connectivity index (χ3v) is 5.14. The molecule has 0 saturated heterocycles. The van der Waals surface area contributed by atoms with Gasteiger partial charge in [-0.3, -0.25) is 9.59 Å². The number of hydrogen-bond acceptors (Lipinski definition) is 4. The summed E-state index contributed by atoms with van der Waals surface area (Å²) in [4.78, 5) is 25.3. The Morgan fingerprint density at radius 1 is 0.968 bits per heavy atom. The van der Waals surface area contributed by atoms with Crippen LogP contribution in [0.15, 0.2) is 75.9 Å². The van der Waals surface area contributed by atoms with Crippen molar-refractivity contribution in [1.29, 1.82) is 0 Å². The maximum absolute atomic E-state index is 13.0. The lowest BCUT2D eigenvalue weighted by Gasteiger charge is -2.11. The van der Waals surface area contributed by atoms with Gasteiger partial charge in [-0.1, -0.05) is 42.5 Å². The van der Waals surface area contributed by atoms with Crippen molar-refractivity contribution in [1.82, 2.24) is 0 Å². The molecule has 0 unspecified atom stereocenters. The summed E-state index contributed by atoms with van der Waals surface area (Å²) in [5.41, 5.74) is 4.52. The van der Waals surface area contributed by atoms with E-state index in [1.165, 1.54) is 0 Å². The van der Waals surface area contributed by atoms with Gasteiger partial charge >= 0.3 is 0 Å². The summed E-state index contributed by atoms with van der Waals surface area (Å²) in [7, 11) is 0. The molecule has 0 radical (unpaired) electrons. The number of fused-ring (bicyclic) bond motifs is 1. The van der Waals surface area contributed by atoms with Crippen LogP contribution in [-0.2, 0) is 4.79 Å². The Labute approximate surface area is 180 Å². The van der Waals surface area contributed by atoms with Crippen LogP contribution >= 0.6 is 0 Å². The van der Waals surface area contributed by atoms with E-state index in [1.54, 1.807) is 25.1 Å². The SMILES string of the molecule is Cc1ccc(C)c(NC(=O)COc2ccc3c(=O)c(-c4ccccc4)c(C)oc3c2)c1. The molecular formula is C26H23NO4. The topological polar surface area (TPSA) is 68.5 Å². The molecule has 1 N–H and O–H groups in total. The van der Waals surface area contributed by atoms with Crippen molar-refractivity contribution in [3.05, 3.63) is 93.8 Å². The Hall–Kier alpha value is -3.86. The van der Waals surface area contributed by atoms with Gasteiger partial charge in [-0.05, 0) is 55.7 Å². The van der Waals surface area contributed by atoms with Crippen LogP contribution < -0.4 is 15.5 Å². The molecule has 0 aliphatic carbocycles. The lowest BCUT2D eigenvalue weighted by molar-refractivity contribution is -0.118. The molecule has 0 fully saturated rings. The third kappa shape index (κ3) is 4.36. The largest absolute Gasteiger partial charge is 0.484 e. The Morgan fingerprint density at radius 3 is 2.52 bits per heavy atom. The van der Waals surface area contributed by atoms with E-state index < -0.39 is 0 Å². The van der Waals surface area contributed by atoms with Crippen LogP contribution in [0.5, 0.6) is 5.75 Å². The molecule has 0 aliphatic heterocycles. The van der Waals surface area contributed by atoms with Gasteiger partial charge < -0.3 is 14.5 Å². The minimum atomic E-state index is -0.258. The summed E-state index contributed by atoms with van der Waals surface area (Å²) < 4.78 is 11.6. The lowest BCUT2D eigenvalue weighted by Crippen LogP contribution is -2.20. The summed E-state index contributed by atoms with van der Waals surface area (Å²) in [5.74, 6) is 0.734. The fourth-order valence-corrected chi connectivity index (χ4v) is 3.52. The number of ether oxygens (including phenoxy) is 1. The van der Waals surface area contributed by atoms with E-state index in [0.29, 0.717) is 28.0 Å². The van der Waals surface area contributed by atoms with Gasteiger partial charge in [0.25, 0.3) is 5.91 Å². The van der Waals surface area contributed by atoms with Crippen molar-refractivity contribution in [2.24, 2.45) is 0 Å². The molecule has 0 atom stereocenters. The van der Waals surface area contributed by atoms with Crippen LogP contribution in [0.25, 0.3) is 22.1 Å². The molecule has 0 spiro atoms. The van der Waals surface area contributed by atoms with Crippen LogP contribution in [0.2, 0.25) is 0 Å². The first-order valence-electron chi connectivity index (χ1n) is 10.0. The Bertz CT molecular complexity index is 1320. The van der Waals surface area contributed by atoms with Gasteiger partial charge in [0, 0.05) is 11.8 Å². The number of hydrogen-bond donors (Lipinski definition) is 1. The zero-order chi connectivity index (χ0) is 22.0. The maximum atomic E-state index is 13.0. The van der Waals surface area contributed by atoms with E-state index in [1.807, 2.05) is 62.4 Å². The Morgan fingerprint density at radius 2 is 1.74 bits per heavy atom. The van der Waals surface area contributed by atoms with Crippen LogP contribution in [0.1, 0.15) is 16.9 Å². The molecule has 5 nitrogen and oxygen atoms in total. The second-order valence-electron chi connectivity index (χ2n) is 7.54. The highest BCUT2D eigenvalue weighted by Crippen LogP contribution is 2.26. The normalized spacial score (nSPS) is 10.8. The fraction of sp³-hybridized carbons (Fsp3) is 0.154. The van der Waals surface area contributed by atoms with E-state index in [2.05, 4.69) is 5.32 Å². The fourth-order valence-electron chi connectivity index (χ4n) is 3.52. The minimum absolute atomic E-state index is 0.0934. The molecule has 3 aromatic carbocycles. The average molecular weight is 413 g/mol. The van der Waals surface area contributed by atoms with Gasteiger partial charge in [0.1, 0.15) is 17.1 Å². The molecule has 1 amide bonds. The number of amides is 1. The molecule has 5 heteroatoms. The maximum Gasteiger partial charge on any atom is 0.262 e. The van der Waals surface area contributed by atoms with E-state index >= 15 is 0 Å². The van der Waals surface area contributed by atoms with Crippen LogP contribution in [0.3, 0.4) is 0 Å². The standard InChI is InChI=1S/C26H23NO4/c1-16-9-10-17(2)22(13-16)27-24(28)15-30-20-11-12-21-23(14-20)31-18(3)25(26(21)29)19-7-5-4-6-8-19/h4-14H,15H2,1-3H3,(H,27,28). The summed E-state index contributed by atoms with van der Waals surface area (Å²) >= 11 is 0. The average Bonchev–Trinajstić information content (AvgIpc) is 2.75. The van der Waals surface area contributed by atoms with Gasteiger partial charge in [-0.15, -0.1) is 0 Å². The highest BCUT2D eigenvalue weighted by Gasteiger charge is 2.14. The van der Waals surface area contributed by atoms with Crippen LogP contribution in [0.4, 0.5) is 5.69 Å². The van der Waals surface area contributed by atoms with E-state index in [-0.39, 0.29) is 17.9 Å². The number of rotatable bonds is 5. The van der Waals surface area contributed by atoms with Gasteiger partial charge in [0.2, 0.25) is 5.43 Å². The molecule has 0 saturated carbocycles. The minimum Gasteiger partial charge on any atom is -0.484 e. The first-order chi connectivity index (χ1) is 14.9. The Kier molecular flexibility index (Phi) is 5.58. The Balaban J connectivity index is 1.54. The van der Waals surface area contributed by atoms with Gasteiger partial charge in [0.05, 0.1) is 10.9 Å². The first kappa shape index (κ1) is 20.4. The third-order valence-electron chi connectivity index (χ3n) is 5.14. The van der Waals surface area contributed by atoms with Crippen molar-refractivity contribution >= 4 is 22.6 Å². The number of nitrogens with one attached hydrogen (secondary N) is 1. The predicted octanol–water partition coefficient (Wildman–Crippen LogP) is 5.40. The summed E-state index contributed by atoms with van der Waals surface area (Å²) in [5, 5.41) is 3.33. The monoisotopic (exact) mass is 413 g/mol. The molecule has 4 rings (SSSR count). The second-order valence-corrected chi connectivity index (χ2v) is 7.54. The highest BCUT2D eigenvalue weighted by molar-refractivity contribution is 5.92. The van der Waals surface area contributed by atoms with E-state index in [4.69, 9.17) is 9.15 Å². The molecule has 4 aromatic rings. The first-order valence-corrected chi connectivity index (χ1v) is 10.0. The van der Waals surface area contributed by atoms with Crippen molar-refractivity contribution in [3.8, 4) is 16.9 Å². The molecule has 1 aromatic heterocycles. The number of anilines is 1. The molecule has 156 valence electrons. The zero-order valence-electron chi connectivity index (χ0n) is 17.7. The van der Waals surface area contributed by atoms with Crippen LogP contribution in [-0.4, -0.2) is 12.5 Å². The lowest BCUT2D eigenvalue weighted by atomic mass is 10.0. The van der Waals surface area contributed by atoms with Gasteiger partial charge in [-0.2, -0.15) is 0 Å². The van der Waals surface area contributed by atoms with Crippen molar-refractivity contribution in [2.45, 2.75) is 20.8 Å². The number of carbonyl (C=O) groups is 1. The predicted molar refractivity (Wildman–Crippen MR) is 123 cm³/mol. The highest BCUT2D eigenvalue weighted by atomic mass is 16.5. The van der Waals surface area contributed by atoms with Crippen molar-refractivity contribution in [2.75, 3.05) is 11.9 Å². The number of carbonyl (C=O) groups excluding carboxylic acids is 1. The summed E-state index contributed by atoms with van der Waals surface area (Å²) in [6, 6.07) is 20.3. The molecule has 0 aliphatic rings. The number of aryl methyl sites for hydroxylation is 3. The quantitative estimate of drug-likeness (QED) is 0.475. The zero-order valence-corrected chi connectivity index (χ0v) is 17.7. The van der Waals surface area contributed by atoms with Crippen molar-refractivity contribution < 1.29 is 13.9 Å². The summed E-state index contributed by atoms with van der Waals surface area (Å²) in [6.45, 7) is 5.53. The van der Waals surface area contributed by atoms with Gasteiger partial charge in [-0.25, -0.2) is 0 Å². The van der Waals surface area contributed by atoms with E-state index in [0.717, 1.165) is 22.4 Å². The molecule has 0 bridgehead atoms. The van der Waals surface area contributed by atoms with Crippen molar-refractivity contribution in [3.63, 3.8) is 0 Å². The molecular weight excluding hydrogens is 390 g/mol. The molecule has 1 heterocycles. The van der Waals surface area contributed by atoms with Gasteiger partial charge in [0.15, 0.2) is 6.61 Å². The smallest absolute Gasteiger partial charge is 0.262 e. The van der Waals surface area contributed by atoms with Crippen LogP contribution in [0, 0.1) is 20.8 Å². The number of benzene rings is 3. The molecule has 31 heavy (non-hydrogen) atoms.